The standard InChI is InChI=1S/C20H15N3O8S2.C6H7NO4/c21-13-7-5-11-15(9-3-1-2-4-10(9)20(24)25)12-6-8-14(22)19(33(28,29)30)17(12)31-16(11)18(13)32(23,26)27;1-4(8)11-7-5(9)2-3-6(7)10/h1-8,22H,21H2,(H,24,25)(H2,23,26,27)(H,28,29,30);2-3H2,1H3. The number of benzene rings is 3. The number of nitrogen functional groups attached to an aromatic ring is 1. The van der Waals surface area contributed by atoms with Gasteiger partial charge in [-0.05, 0) is 35.9 Å². The summed E-state index contributed by atoms with van der Waals surface area (Å²) >= 11 is 0. The van der Waals surface area contributed by atoms with Crippen molar-refractivity contribution in [3.63, 3.8) is 0 Å². The van der Waals surface area contributed by atoms with Gasteiger partial charge in [-0.1, -0.05) is 18.2 Å². The number of carboxylic acids is 1. The van der Waals surface area contributed by atoms with Gasteiger partial charge in [-0.2, -0.15) is 8.42 Å². The van der Waals surface area contributed by atoms with Crippen molar-refractivity contribution in [2.24, 2.45) is 5.14 Å². The molecule has 230 valence electrons. The quantitative estimate of drug-likeness (QED) is 0.0890. The van der Waals surface area contributed by atoms with Crippen LogP contribution in [0.15, 0.2) is 62.7 Å². The Morgan fingerprint density at radius 2 is 1.57 bits per heavy atom. The summed E-state index contributed by atoms with van der Waals surface area (Å²) in [6.45, 7) is 1.14. The maximum absolute atomic E-state index is 12.3. The summed E-state index contributed by atoms with van der Waals surface area (Å²) in [5, 5.41) is 22.9. The monoisotopic (exact) mass is 646 g/mol. The summed E-state index contributed by atoms with van der Waals surface area (Å²) in [4.78, 5) is 46.5. The van der Waals surface area contributed by atoms with Crippen molar-refractivity contribution in [2.45, 2.75) is 29.6 Å². The number of imide groups is 1. The zero-order chi connectivity index (χ0) is 32.7. The molecular formula is C26H22N4O12S2. The van der Waals surface area contributed by atoms with Crippen molar-refractivity contribution in [3.05, 3.63) is 59.5 Å². The Bertz CT molecular complexity index is 2120. The number of carboxylic acid groups (broad SMARTS) is 1. The summed E-state index contributed by atoms with van der Waals surface area (Å²) in [6, 6.07) is 10.7. The molecule has 2 aromatic rings. The zero-order valence-corrected chi connectivity index (χ0v) is 24.1. The molecule has 0 bridgehead atoms. The van der Waals surface area contributed by atoms with Gasteiger partial charge in [-0.25, -0.2) is 23.1 Å². The normalized spacial score (nSPS) is 13.6. The van der Waals surface area contributed by atoms with Crippen LogP contribution >= 0.6 is 0 Å². The number of hydrogen-bond acceptors (Lipinski definition) is 12. The number of hydroxylamine groups is 2. The van der Waals surface area contributed by atoms with Crippen LogP contribution in [0.25, 0.3) is 33.4 Å². The van der Waals surface area contributed by atoms with Gasteiger partial charge < -0.3 is 20.1 Å². The number of fused-ring (bicyclic) bond motifs is 2. The molecule has 0 spiro atoms. The van der Waals surface area contributed by atoms with E-state index in [-0.39, 0.29) is 46.2 Å². The Hall–Kier alpha value is -5.17. The summed E-state index contributed by atoms with van der Waals surface area (Å²) in [6.07, 6.45) is 0.262. The molecule has 1 aliphatic carbocycles. The van der Waals surface area contributed by atoms with Crippen LogP contribution in [0.2, 0.25) is 0 Å². The first-order valence-corrected chi connectivity index (χ1v) is 15.2. The Kier molecular flexibility index (Phi) is 8.29. The van der Waals surface area contributed by atoms with Crippen LogP contribution in [-0.4, -0.2) is 55.3 Å². The van der Waals surface area contributed by atoms with Crippen LogP contribution in [0.4, 0.5) is 5.69 Å². The molecule has 44 heavy (non-hydrogen) atoms. The average Bonchev–Trinajstić information content (AvgIpc) is 3.22. The molecule has 0 radical (unpaired) electrons. The van der Waals surface area contributed by atoms with E-state index in [9.17, 15) is 45.7 Å². The number of nitrogens with two attached hydrogens (primary N) is 2. The minimum absolute atomic E-state index is 0.00460. The number of rotatable bonds is 5. The molecule has 0 unspecified atom stereocenters. The number of amides is 2. The van der Waals surface area contributed by atoms with Crippen LogP contribution in [0.5, 0.6) is 0 Å². The predicted molar refractivity (Wildman–Crippen MR) is 150 cm³/mol. The third-order valence-corrected chi connectivity index (χ3v) is 8.10. The molecule has 18 heteroatoms. The van der Waals surface area contributed by atoms with E-state index in [1.807, 2.05) is 0 Å². The average molecular weight is 647 g/mol. The third kappa shape index (κ3) is 5.99. The van der Waals surface area contributed by atoms with Gasteiger partial charge in [0.1, 0.15) is 4.90 Å². The number of carbonyl (C=O) groups excluding carboxylic acids is 3. The first-order chi connectivity index (χ1) is 20.4. The second-order valence-corrected chi connectivity index (χ2v) is 12.0. The topological polar surface area (TPSA) is 279 Å². The highest BCUT2D eigenvalue weighted by Crippen LogP contribution is 2.45. The van der Waals surface area contributed by atoms with Crippen molar-refractivity contribution in [3.8, 4) is 22.5 Å². The van der Waals surface area contributed by atoms with E-state index >= 15 is 0 Å². The fraction of sp³-hybridized carbons (Fsp3) is 0.115. The predicted octanol–water partition coefficient (Wildman–Crippen LogP) is 1.47. The van der Waals surface area contributed by atoms with Gasteiger partial charge in [0.2, 0.25) is 10.0 Å². The second-order valence-electron chi connectivity index (χ2n) is 9.19. The second kappa shape index (κ2) is 11.5. The number of anilines is 1. The van der Waals surface area contributed by atoms with E-state index in [2.05, 4.69) is 4.84 Å². The largest absolute Gasteiger partial charge is 0.478 e. The maximum Gasteiger partial charge on any atom is 0.336 e. The number of nitrogens with one attached hydrogen (secondary N) is 1. The molecule has 0 saturated carbocycles. The molecule has 2 heterocycles. The van der Waals surface area contributed by atoms with Gasteiger partial charge >= 0.3 is 11.9 Å². The van der Waals surface area contributed by atoms with Crippen LogP contribution < -0.4 is 16.2 Å². The third-order valence-electron chi connectivity index (χ3n) is 6.19. The lowest BCUT2D eigenvalue weighted by molar-refractivity contribution is -0.195. The van der Waals surface area contributed by atoms with Crippen LogP contribution in [-0.2, 0) is 39.4 Å². The van der Waals surface area contributed by atoms with Crippen molar-refractivity contribution in [2.75, 3.05) is 5.73 Å². The van der Waals surface area contributed by atoms with E-state index in [4.69, 9.17) is 20.7 Å². The summed E-state index contributed by atoms with van der Waals surface area (Å²) in [5.74, 6) is -3.44. The number of carbonyl (C=O) groups is 4. The summed E-state index contributed by atoms with van der Waals surface area (Å²) < 4.78 is 64.2. The Balaban J connectivity index is 0.000000339. The lowest BCUT2D eigenvalue weighted by atomic mass is 9.90. The lowest BCUT2D eigenvalue weighted by Crippen LogP contribution is -2.30. The minimum Gasteiger partial charge on any atom is -0.478 e. The van der Waals surface area contributed by atoms with Gasteiger partial charge in [-0.3, -0.25) is 19.6 Å². The smallest absolute Gasteiger partial charge is 0.336 e. The van der Waals surface area contributed by atoms with Crippen molar-refractivity contribution < 1.29 is 54.9 Å². The molecule has 0 aromatic heterocycles. The van der Waals surface area contributed by atoms with E-state index in [1.54, 1.807) is 0 Å². The van der Waals surface area contributed by atoms with Gasteiger partial charge in [-0.15, -0.1) is 5.06 Å². The highest BCUT2D eigenvalue weighted by molar-refractivity contribution is 7.89. The molecule has 2 aromatic carbocycles. The van der Waals surface area contributed by atoms with Crippen molar-refractivity contribution in [1.82, 2.24) is 5.06 Å². The van der Waals surface area contributed by atoms with Gasteiger partial charge in [0.05, 0.1) is 16.6 Å². The molecular weight excluding hydrogens is 624 g/mol. The van der Waals surface area contributed by atoms with E-state index < -0.39 is 70.4 Å². The Morgan fingerprint density at radius 3 is 2.11 bits per heavy atom. The zero-order valence-electron chi connectivity index (χ0n) is 22.4. The fourth-order valence-corrected chi connectivity index (χ4v) is 6.04. The van der Waals surface area contributed by atoms with Crippen LogP contribution in [0, 0.1) is 5.41 Å². The molecule has 5 rings (SSSR count). The molecule has 3 aliphatic rings. The molecule has 0 atom stereocenters. The summed E-state index contributed by atoms with van der Waals surface area (Å²) in [7, 11) is -9.53. The molecule has 1 saturated heterocycles. The number of primary sulfonamides is 1. The number of hydrogen-bond donors (Lipinski definition) is 5. The summed E-state index contributed by atoms with van der Waals surface area (Å²) in [5.41, 5.74) is 5.06. The molecule has 2 aliphatic heterocycles. The van der Waals surface area contributed by atoms with Gasteiger partial charge in [0, 0.05) is 36.3 Å². The van der Waals surface area contributed by atoms with Gasteiger partial charge in [0.25, 0.3) is 21.9 Å². The molecule has 1 fully saturated rings. The SMILES string of the molecule is CC(=O)ON1C(=O)CCC1=O.N=c1ccc2c(-c3ccccc3C(=O)O)c3ccc(N)c(S(N)(=O)=O)c3oc-2c1S(=O)(=O)O. The first-order valence-electron chi connectivity index (χ1n) is 12.2. The highest BCUT2D eigenvalue weighted by Gasteiger charge is 2.32. The lowest BCUT2D eigenvalue weighted by Gasteiger charge is -2.19. The number of sulfonamides is 1. The van der Waals surface area contributed by atoms with Gasteiger partial charge in [0.15, 0.2) is 16.2 Å². The highest BCUT2D eigenvalue weighted by atomic mass is 32.2. The number of aromatic carboxylic acids is 1. The number of nitrogens with zero attached hydrogens (tertiary/aromatic N) is 1. The minimum atomic E-state index is -5.02. The molecule has 2 amide bonds. The van der Waals surface area contributed by atoms with E-state index in [0.29, 0.717) is 5.06 Å². The van der Waals surface area contributed by atoms with Crippen molar-refractivity contribution >= 4 is 60.6 Å². The first kappa shape index (κ1) is 31.8. The van der Waals surface area contributed by atoms with E-state index in [0.717, 1.165) is 13.0 Å². The fourth-order valence-electron chi connectivity index (χ4n) is 4.50. The van der Waals surface area contributed by atoms with Crippen LogP contribution in [0.3, 0.4) is 0 Å². The van der Waals surface area contributed by atoms with Crippen molar-refractivity contribution in [1.29, 1.82) is 5.41 Å². The molecule has 7 N–H and O–H groups in total. The molecule has 16 nitrogen and oxygen atoms in total. The maximum atomic E-state index is 12.3. The Labute approximate surface area is 248 Å². The Morgan fingerprint density at radius 1 is 0.955 bits per heavy atom. The van der Waals surface area contributed by atoms with Crippen LogP contribution in [0.1, 0.15) is 30.1 Å². The van der Waals surface area contributed by atoms with E-state index in [1.165, 1.54) is 42.5 Å².